The van der Waals surface area contributed by atoms with Crippen LogP contribution < -0.4 is 4.72 Å². The van der Waals surface area contributed by atoms with Crippen LogP contribution in [0.5, 0.6) is 0 Å². The van der Waals surface area contributed by atoms with Crippen molar-refractivity contribution in [2.45, 2.75) is 32.2 Å². The number of sulfonamides is 1. The maximum atomic E-state index is 11.8. The first-order valence-corrected chi connectivity index (χ1v) is 7.71. The summed E-state index contributed by atoms with van der Waals surface area (Å²) in [6.45, 7) is 4.87. The number of ether oxygens (including phenoxy) is 1. The van der Waals surface area contributed by atoms with Crippen molar-refractivity contribution in [2.75, 3.05) is 24.8 Å². The summed E-state index contributed by atoms with van der Waals surface area (Å²) >= 11 is 5.62. The Labute approximate surface area is 103 Å². The van der Waals surface area contributed by atoms with Gasteiger partial charge < -0.3 is 4.74 Å². The van der Waals surface area contributed by atoms with E-state index in [2.05, 4.69) is 4.72 Å². The second kappa shape index (κ2) is 5.67. The van der Waals surface area contributed by atoms with E-state index < -0.39 is 15.6 Å². The van der Waals surface area contributed by atoms with Gasteiger partial charge in [-0.25, -0.2) is 13.1 Å². The van der Waals surface area contributed by atoms with Gasteiger partial charge in [0.15, 0.2) is 0 Å². The zero-order valence-corrected chi connectivity index (χ0v) is 11.4. The second-order valence-electron chi connectivity index (χ2n) is 4.86. The van der Waals surface area contributed by atoms with Crippen molar-refractivity contribution in [2.24, 2.45) is 5.92 Å². The van der Waals surface area contributed by atoms with Crippen molar-refractivity contribution in [1.82, 2.24) is 4.72 Å². The molecule has 1 aliphatic heterocycles. The number of alkyl halides is 1. The lowest BCUT2D eigenvalue weighted by Crippen LogP contribution is -2.52. The van der Waals surface area contributed by atoms with E-state index in [-0.39, 0.29) is 11.7 Å². The Kier molecular flexibility index (Phi) is 5.04. The average molecular weight is 270 g/mol. The van der Waals surface area contributed by atoms with E-state index in [1.165, 1.54) is 0 Å². The molecule has 1 aliphatic rings. The summed E-state index contributed by atoms with van der Waals surface area (Å²) < 4.78 is 31.7. The van der Waals surface area contributed by atoms with Gasteiger partial charge >= 0.3 is 0 Å². The van der Waals surface area contributed by atoms with Crippen molar-refractivity contribution in [1.29, 1.82) is 0 Å². The molecule has 1 fully saturated rings. The van der Waals surface area contributed by atoms with Gasteiger partial charge in [-0.2, -0.15) is 0 Å². The summed E-state index contributed by atoms with van der Waals surface area (Å²) in [5, 5.41) is 0. The Hall–Kier alpha value is 0.160. The van der Waals surface area contributed by atoms with E-state index in [1.54, 1.807) is 0 Å². The van der Waals surface area contributed by atoms with Gasteiger partial charge in [0, 0.05) is 12.5 Å². The Morgan fingerprint density at radius 3 is 2.75 bits per heavy atom. The minimum atomic E-state index is -3.27. The monoisotopic (exact) mass is 269 g/mol. The molecule has 6 heteroatoms. The summed E-state index contributed by atoms with van der Waals surface area (Å²) in [6.07, 6.45) is 1.71. The first kappa shape index (κ1) is 14.2. The van der Waals surface area contributed by atoms with Crippen LogP contribution >= 0.6 is 11.6 Å². The summed E-state index contributed by atoms with van der Waals surface area (Å²) in [5.41, 5.74) is -0.455. The molecule has 4 nitrogen and oxygen atoms in total. The predicted octanol–water partition coefficient (Wildman–Crippen LogP) is 1.35. The van der Waals surface area contributed by atoms with Crippen LogP contribution in [0.25, 0.3) is 0 Å². The lowest BCUT2D eigenvalue weighted by atomic mass is 9.97. The Balaban J connectivity index is 2.57. The summed E-state index contributed by atoms with van der Waals surface area (Å²) in [7, 11) is -3.27. The standard InChI is InChI=1S/C10H20ClNO3S/c1-9(6-11)7-16(13,14)12-10(2)4-3-5-15-8-10/h9,12H,3-8H2,1-2H3. The molecule has 0 amide bonds. The molecule has 1 heterocycles. The molecule has 0 aromatic heterocycles. The molecule has 1 saturated heterocycles. The van der Waals surface area contributed by atoms with Gasteiger partial charge in [-0.3, -0.25) is 0 Å². The fourth-order valence-corrected chi connectivity index (χ4v) is 3.95. The van der Waals surface area contributed by atoms with Gasteiger partial charge in [0.25, 0.3) is 0 Å². The highest BCUT2D eigenvalue weighted by atomic mass is 35.5. The maximum Gasteiger partial charge on any atom is 0.212 e. The number of rotatable bonds is 5. The molecule has 1 rings (SSSR count). The lowest BCUT2D eigenvalue weighted by molar-refractivity contribution is 0.0386. The van der Waals surface area contributed by atoms with Crippen molar-refractivity contribution in [3.8, 4) is 0 Å². The van der Waals surface area contributed by atoms with E-state index in [0.29, 0.717) is 12.5 Å². The number of hydrogen-bond donors (Lipinski definition) is 1. The molecule has 0 saturated carbocycles. The highest BCUT2D eigenvalue weighted by molar-refractivity contribution is 7.89. The molecule has 16 heavy (non-hydrogen) atoms. The quantitative estimate of drug-likeness (QED) is 0.767. The Morgan fingerprint density at radius 1 is 1.56 bits per heavy atom. The van der Waals surface area contributed by atoms with Gasteiger partial charge in [0.1, 0.15) is 0 Å². The van der Waals surface area contributed by atoms with Crippen molar-refractivity contribution in [3.63, 3.8) is 0 Å². The largest absolute Gasteiger partial charge is 0.380 e. The van der Waals surface area contributed by atoms with Crippen LogP contribution in [0.4, 0.5) is 0 Å². The first-order chi connectivity index (χ1) is 7.37. The SMILES string of the molecule is CC(CCl)CS(=O)(=O)NC1(C)CCCOC1. The summed E-state index contributed by atoms with van der Waals surface area (Å²) in [4.78, 5) is 0. The summed E-state index contributed by atoms with van der Waals surface area (Å²) in [6, 6.07) is 0. The third kappa shape index (κ3) is 4.57. The van der Waals surface area contributed by atoms with Crippen LogP contribution in [0.3, 0.4) is 0 Å². The number of halogens is 1. The van der Waals surface area contributed by atoms with Crippen LogP contribution in [0.15, 0.2) is 0 Å². The Morgan fingerprint density at radius 2 is 2.25 bits per heavy atom. The third-order valence-electron chi connectivity index (χ3n) is 2.61. The molecule has 0 aliphatic carbocycles. The molecular weight excluding hydrogens is 250 g/mol. The highest BCUT2D eigenvalue weighted by Gasteiger charge is 2.32. The molecular formula is C10H20ClNO3S. The Bertz CT molecular complexity index is 312. The van der Waals surface area contributed by atoms with Crippen molar-refractivity contribution < 1.29 is 13.2 Å². The number of nitrogens with one attached hydrogen (secondary N) is 1. The van der Waals surface area contributed by atoms with E-state index >= 15 is 0 Å². The lowest BCUT2D eigenvalue weighted by Gasteiger charge is -2.34. The topological polar surface area (TPSA) is 55.4 Å². The zero-order chi connectivity index (χ0) is 12.2. The minimum absolute atomic E-state index is 0.0349. The van der Waals surface area contributed by atoms with Crippen molar-refractivity contribution >= 4 is 21.6 Å². The van der Waals surface area contributed by atoms with E-state index in [4.69, 9.17) is 16.3 Å². The average Bonchev–Trinajstić information content (AvgIpc) is 2.16. The molecule has 1 N–H and O–H groups in total. The molecule has 0 spiro atoms. The van der Waals surface area contributed by atoms with E-state index in [0.717, 1.165) is 19.4 Å². The fourth-order valence-electron chi connectivity index (χ4n) is 1.85. The molecule has 0 aromatic rings. The zero-order valence-electron chi connectivity index (χ0n) is 9.83. The second-order valence-corrected chi connectivity index (χ2v) is 6.94. The maximum absolute atomic E-state index is 11.8. The van der Waals surface area contributed by atoms with E-state index in [9.17, 15) is 8.42 Å². The van der Waals surface area contributed by atoms with Crippen LogP contribution in [0, 0.1) is 5.92 Å². The molecule has 96 valence electrons. The van der Waals surface area contributed by atoms with Gasteiger partial charge in [0.2, 0.25) is 10.0 Å². The predicted molar refractivity (Wildman–Crippen MR) is 65.3 cm³/mol. The van der Waals surface area contributed by atoms with Crippen LogP contribution in [-0.4, -0.2) is 38.8 Å². The molecule has 0 aromatic carbocycles. The molecule has 2 atom stereocenters. The van der Waals surface area contributed by atoms with Crippen LogP contribution in [0.2, 0.25) is 0 Å². The minimum Gasteiger partial charge on any atom is -0.380 e. The van der Waals surface area contributed by atoms with Gasteiger partial charge in [-0.05, 0) is 25.7 Å². The van der Waals surface area contributed by atoms with Gasteiger partial charge in [-0.15, -0.1) is 11.6 Å². The van der Waals surface area contributed by atoms with Crippen molar-refractivity contribution in [3.05, 3.63) is 0 Å². The number of hydrogen-bond acceptors (Lipinski definition) is 3. The normalized spacial score (nSPS) is 28.9. The summed E-state index contributed by atoms with van der Waals surface area (Å²) in [5.74, 6) is 0.396. The van der Waals surface area contributed by atoms with Gasteiger partial charge in [-0.1, -0.05) is 6.92 Å². The van der Waals surface area contributed by atoms with Gasteiger partial charge in [0.05, 0.1) is 17.9 Å². The first-order valence-electron chi connectivity index (χ1n) is 5.52. The smallest absolute Gasteiger partial charge is 0.212 e. The third-order valence-corrected chi connectivity index (χ3v) is 4.95. The highest BCUT2D eigenvalue weighted by Crippen LogP contribution is 2.19. The van der Waals surface area contributed by atoms with Crippen LogP contribution in [-0.2, 0) is 14.8 Å². The van der Waals surface area contributed by atoms with E-state index in [1.807, 2.05) is 13.8 Å². The molecule has 0 radical (unpaired) electrons. The van der Waals surface area contributed by atoms with Crippen LogP contribution in [0.1, 0.15) is 26.7 Å². The fraction of sp³-hybridized carbons (Fsp3) is 1.00. The molecule has 2 unspecified atom stereocenters. The molecule has 0 bridgehead atoms.